The molecule has 1 fully saturated rings. The number of hydrogen-bond donors (Lipinski definition) is 1. The highest BCUT2D eigenvalue weighted by atomic mass is 79.9. The summed E-state index contributed by atoms with van der Waals surface area (Å²) in [6.07, 6.45) is 6.39. The van der Waals surface area contributed by atoms with Crippen LogP contribution in [-0.2, 0) is 13.1 Å². The molecule has 3 rings (SSSR count). The highest BCUT2D eigenvalue weighted by molar-refractivity contribution is 9.10. The molecule has 1 saturated carbocycles. The van der Waals surface area contributed by atoms with Crippen LogP contribution >= 0.6 is 27.3 Å². The molecule has 0 spiro atoms. The molecule has 0 aromatic carbocycles. The number of nitrogens with zero attached hydrogens (tertiary/aromatic N) is 3. The normalized spacial score (nSPS) is 15.4. The molecular weight excluding hydrogens is 300 g/mol. The predicted octanol–water partition coefficient (Wildman–Crippen LogP) is 2.40. The van der Waals surface area contributed by atoms with Crippen LogP contribution in [0.5, 0.6) is 0 Å². The number of nitrogens with one attached hydrogen (secondary N) is 1. The summed E-state index contributed by atoms with van der Waals surface area (Å²) in [5, 5.41) is 11.0. The molecule has 2 heterocycles. The maximum Gasteiger partial charge on any atom is 0.107 e. The first kappa shape index (κ1) is 11.4. The van der Waals surface area contributed by atoms with Crippen molar-refractivity contribution in [2.75, 3.05) is 0 Å². The van der Waals surface area contributed by atoms with Crippen LogP contribution in [-0.4, -0.2) is 20.8 Å². The molecule has 4 nitrogen and oxygen atoms in total. The largest absolute Gasteiger partial charge is 0.308 e. The fourth-order valence-electron chi connectivity index (χ4n) is 1.61. The Kier molecular flexibility index (Phi) is 3.26. The van der Waals surface area contributed by atoms with Gasteiger partial charge in [-0.25, -0.2) is 4.98 Å². The Labute approximate surface area is 112 Å². The van der Waals surface area contributed by atoms with E-state index in [0.29, 0.717) is 0 Å². The van der Waals surface area contributed by atoms with E-state index in [1.807, 2.05) is 10.9 Å². The van der Waals surface area contributed by atoms with Gasteiger partial charge in [-0.05, 0) is 28.8 Å². The van der Waals surface area contributed by atoms with Gasteiger partial charge in [-0.2, -0.15) is 5.10 Å². The molecule has 0 atom stereocenters. The highest BCUT2D eigenvalue weighted by Gasteiger charge is 2.20. The number of aromatic nitrogens is 3. The second-order valence-electron chi connectivity index (χ2n) is 4.24. The van der Waals surface area contributed by atoms with E-state index in [2.05, 4.69) is 36.7 Å². The average molecular weight is 313 g/mol. The first-order valence-corrected chi connectivity index (χ1v) is 7.31. The van der Waals surface area contributed by atoms with Crippen LogP contribution in [0.4, 0.5) is 0 Å². The molecule has 0 radical (unpaired) electrons. The summed E-state index contributed by atoms with van der Waals surface area (Å²) in [4.78, 5) is 4.59. The first-order chi connectivity index (χ1) is 8.29. The maximum absolute atomic E-state index is 4.59. The van der Waals surface area contributed by atoms with Crippen molar-refractivity contribution >= 4 is 27.3 Å². The van der Waals surface area contributed by atoms with Crippen LogP contribution in [0.1, 0.15) is 23.5 Å². The summed E-state index contributed by atoms with van der Waals surface area (Å²) < 4.78 is 2.89. The monoisotopic (exact) mass is 312 g/mol. The van der Waals surface area contributed by atoms with Crippen molar-refractivity contribution in [3.63, 3.8) is 0 Å². The molecule has 1 aliphatic rings. The summed E-state index contributed by atoms with van der Waals surface area (Å²) in [6, 6.07) is 0.740. The van der Waals surface area contributed by atoms with Gasteiger partial charge in [0.25, 0.3) is 0 Å². The van der Waals surface area contributed by atoms with Gasteiger partial charge in [0.05, 0.1) is 22.9 Å². The Morgan fingerprint density at radius 1 is 1.53 bits per heavy atom. The van der Waals surface area contributed by atoms with Crippen molar-refractivity contribution < 1.29 is 0 Å². The van der Waals surface area contributed by atoms with Gasteiger partial charge in [-0.3, -0.25) is 4.68 Å². The second-order valence-corrected chi connectivity index (χ2v) is 6.10. The van der Waals surface area contributed by atoms with Crippen LogP contribution in [0.3, 0.4) is 0 Å². The summed E-state index contributed by atoms with van der Waals surface area (Å²) >= 11 is 5.11. The molecule has 2 aromatic heterocycles. The van der Waals surface area contributed by atoms with Gasteiger partial charge in [0, 0.05) is 24.2 Å². The van der Waals surface area contributed by atoms with Gasteiger partial charge in [0.2, 0.25) is 0 Å². The molecule has 6 heteroatoms. The first-order valence-electron chi connectivity index (χ1n) is 5.64. The average Bonchev–Trinajstić information content (AvgIpc) is 2.90. The van der Waals surface area contributed by atoms with Gasteiger partial charge < -0.3 is 5.32 Å². The number of hydrogen-bond acceptors (Lipinski definition) is 4. The lowest BCUT2D eigenvalue weighted by Gasteiger charge is -1.98. The predicted molar refractivity (Wildman–Crippen MR) is 71.0 cm³/mol. The van der Waals surface area contributed by atoms with E-state index in [1.54, 1.807) is 17.5 Å². The standard InChI is InChI=1S/C11H13BrN4S/c12-8-3-14-16(5-8)6-10-7-17-11(15-10)4-13-9-1-2-9/h3,5,7,9,13H,1-2,4,6H2. The molecule has 90 valence electrons. The van der Waals surface area contributed by atoms with Crippen molar-refractivity contribution in [2.45, 2.75) is 32.0 Å². The molecule has 0 aliphatic heterocycles. The van der Waals surface area contributed by atoms with Crippen molar-refractivity contribution in [2.24, 2.45) is 0 Å². The molecule has 0 bridgehead atoms. The minimum atomic E-state index is 0.740. The molecule has 2 aromatic rings. The molecular formula is C11H13BrN4S. The van der Waals surface area contributed by atoms with Gasteiger partial charge in [0.15, 0.2) is 0 Å². The van der Waals surface area contributed by atoms with Crippen molar-refractivity contribution in [1.82, 2.24) is 20.1 Å². The minimum Gasteiger partial charge on any atom is -0.308 e. The third kappa shape index (κ3) is 3.14. The van der Waals surface area contributed by atoms with E-state index in [0.717, 1.165) is 34.3 Å². The Morgan fingerprint density at radius 3 is 3.12 bits per heavy atom. The summed E-state index contributed by atoms with van der Waals surface area (Å²) in [5.74, 6) is 0. The fraction of sp³-hybridized carbons (Fsp3) is 0.455. The van der Waals surface area contributed by atoms with E-state index < -0.39 is 0 Å². The van der Waals surface area contributed by atoms with E-state index >= 15 is 0 Å². The second kappa shape index (κ2) is 4.88. The Morgan fingerprint density at radius 2 is 2.41 bits per heavy atom. The van der Waals surface area contributed by atoms with Gasteiger partial charge in [0.1, 0.15) is 5.01 Å². The van der Waals surface area contributed by atoms with Crippen LogP contribution in [0.2, 0.25) is 0 Å². The summed E-state index contributed by atoms with van der Waals surface area (Å²) in [7, 11) is 0. The van der Waals surface area contributed by atoms with Crippen LogP contribution < -0.4 is 5.32 Å². The van der Waals surface area contributed by atoms with Crippen molar-refractivity contribution in [3.05, 3.63) is 32.9 Å². The molecule has 0 amide bonds. The van der Waals surface area contributed by atoms with E-state index in [9.17, 15) is 0 Å². The van der Waals surface area contributed by atoms with Crippen LogP contribution in [0.25, 0.3) is 0 Å². The quantitative estimate of drug-likeness (QED) is 0.922. The third-order valence-corrected chi connectivity index (χ3v) is 3.95. The zero-order chi connectivity index (χ0) is 11.7. The lowest BCUT2D eigenvalue weighted by Crippen LogP contribution is -2.15. The number of rotatable bonds is 5. The minimum absolute atomic E-state index is 0.740. The van der Waals surface area contributed by atoms with E-state index in [1.165, 1.54) is 12.8 Å². The van der Waals surface area contributed by atoms with Gasteiger partial charge in [-0.1, -0.05) is 0 Å². The Hall–Kier alpha value is -0.720. The van der Waals surface area contributed by atoms with Gasteiger partial charge in [-0.15, -0.1) is 11.3 Å². The molecule has 0 unspecified atom stereocenters. The fourth-order valence-corrected chi connectivity index (χ4v) is 2.68. The van der Waals surface area contributed by atoms with Crippen molar-refractivity contribution in [1.29, 1.82) is 0 Å². The van der Waals surface area contributed by atoms with Gasteiger partial charge >= 0.3 is 0 Å². The molecule has 1 aliphatic carbocycles. The Bertz CT molecular complexity index is 503. The number of thiazole rings is 1. The molecule has 0 saturated heterocycles. The maximum atomic E-state index is 4.59. The molecule has 17 heavy (non-hydrogen) atoms. The summed E-state index contributed by atoms with van der Waals surface area (Å²) in [6.45, 7) is 1.64. The Balaban J connectivity index is 1.59. The highest BCUT2D eigenvalue weighted by Crippen LogP contribution is 2.20. The smallest absolute Gasteiger partial charge is 0.107 e. The van der Waals surface area contributed by atoms with Crippen LogP contribution in [0.15, 0.2) is 22.2 Å². The van der Waals surface area contributed by atoms with E-state index in [-0.39, 0.29) is 0 Å². The zero-order valence-electron chi connectivity index (χ0n) is 9.27. The molecule has 1 N–H and O–H groups in total. The zero-order valence-corrected chi connectivity index (χ0v) is 11.7. The SMILES string of the molecule is Brc1cnn(Cc2csc(CNC3CC3)n2)c1. The summed E-state index contributed by atoms with van der Waals surface area (Å²) in [5.41, 5.74) is 1.08. The number of halogens is 1. The topological polar surface area (TPSA) is 42.7 Å². The van der Waals surface area contributed by atoms with Crippen molar-refractivity contribution in [3.8, 4) is 0 Å². The lowest BCUT2D eigenvalue weighted by molar-refractivity contribution is 0.659. The third-order valence-electron chi connectivity index (χ3n) is 2.64. The van der Waals surface area contributed by atoms with E-state index in [4.69, 9.17) is 0 Å². The van der Waals surface area contributed by atoms with Crippen LogP contribution in [0, 0.1) is 0 Å². The lowest BCUT2D eigenvalue weighted by atomic mass is 10.5.